The van der Waals surface area contributed by atoms with Crippen molar-refractivity contribution >= 4 is 16.9 Å². The van der Waals surface area contributed by atoms with Crippen LogP contribution in [0.2, 0.25) is 0 Å². The van der Waals surface area contributed by atoms with E-state index in [-0.39, 0.29) is 30.5 Å². The smallest absolute Gasteiger partial charge is 0.343 e. The number of ether oxygens (including phenoxy) is 1. The van der Waals surface area contributed by atoms with Crippen molar-refractivity contribution in [3.63, 3.8) is 0 Å². The van der Waals surface area contributed by atoms with E-state index in [2.05, 4.69) is 4.98 Å². The first-order valence-electron chi connectivity index (χ1n) is 8.72. The fraction of sp³-hybridized carbons (Fsp3) is 0.250. The Morgan fingerprint density at radius 2 is 2.04 bits per heavy atom. The molecule has 0 saturated heterocycles. The Bertz CT molecular complexity index is 1220. The summed E-state index contributed by atoms with van der Waals surface area (Å²) in [5.41, 5.74) is 1.25. The van der Waals surface area contributed by atoms with E-state index in [0.29, 0.717) is 34.6 Å². The van der Waals surface area contributed by atoms with Crippen molar-refractivity contribution in [1.82, 2.24) is 15.7 Å². The minimum atomic E-state index is -1.83. The number of esters is 1. The number of phenolic OH excluding ortho intramolecular Hbond substituents is 1. The van der Waals surface area contributed by atoms with E-state index in [0.717, 1.165) is 10.9 Å². The Labute approximate surface area is 159 Å². The molecule has 0 radical (unpaired) electrons. The second-order valence-electron chi connectivity index (χ2n) is 6.98. The molecule has 5 N–H and O–H groups in total. The van der Waals surface area contributed by atoms with Crippen molar-refractivity contribution in [2.24, 2.45) is 0 Å². The molecule has 0 fully saturated rings. The van der Waals surface area contributed by atoms with Crippen molar-refractivity contribution in [3.05, 3.63) is 57.4 Å². The molecule has 2 aliphatic heterocycles. The molecule has 4 heterocycles. The maximum atomic E-state index is 13.0. The molecule has 2 aromatic heterocycles. The van der Waals surface area contributed by atoms with E-state index in [1.54, 1.807) is 35.8 Å². The lowest BCUT2D eigenvalue weighted by atomic mass is 9.86. The Morgan fingerprint density at radius 1 is 1.25 bits per heavy atom. The summed E-state index contributed by atoms with van der Waals surface area (Å²) in [6.45, 7) is 1.87. The largest absolute Gasteiger partial charge is 0.508 e. The molecule has 0 aliphatic carbocycles. The molecule has 0 saturated carbocycles. The zero-order valence-corrected chi connectivity index (χ0v) is 15.2. The Morgan fingerprint density at radius 3 is 2.79 bits per heavy atom. The van der Waals surface area contributed by atoms with Crippen LogP contribution in [0.5, 0.6) is 5.75 Å². The van der Waals surface area contributed by atoms with Gasteiger partial charge in [-0.05, 0) is 36.8 Å². The lowest BCUT2D eigenvalue weighted by Gasteiger charge is -2.31. The Kier molecular flexibility index (Phi) is 3.81. The monoisotopic (exact) mass is 381 g/mol. The van der Waals surface area contributed by atoms with Gasteiger partial charge in [-0.3, -0.25) is 4.79 Å². The molecule has 144 valence electrons. The maximum Gasteiger partial charge on any atom is 0.343 e. The number of pyridine rings is 2. The third-order valence-electron chi connectivity index (χ3n) is 5.49. The molecule has 8 heteroatoms. The van der Waals surface area contributed by atoms with Crippen LogP contribution in [-0.2, 0) is 28.3 Å². The highest BCUT2D eigenvalue weighted by Gasteiger charge is 2.45. The number of phenols is 1. The zero-order chi connectivity index (χ0) is 18.9. The van der Waals surface area contributed by atoms with Crippen LogP contribution in [0.25, 0.3) is 22.3 Å². The number of aromatic hydroxyl groups is 1. The van der Waals surface area contributed by atoms with Crippen LogP contribution in [0, 0.1) is 0 Å². The molecular weight excluding hydrogens is 362 g/mol. The van der Waals surface area contributed by atoms with Crippen LogP contribution in [0.1, 0.15) is 30.0 Å². The van der Waals surface area contributed by atoms with Gasteiger partial charge in [0.05, 0.1) is 29.0 Å². The molecule has 0 bridgehead atoms. The summed E-state index contributed by atoms with van der Waals surface area (Å²) >= 11 is 0. The van der Waals surface area contributed by atoms with Crippen molar-refractivity contribution < 1.29 is 19.7 Å². The number of hydrogen-bond acceptors (Lipinski definition) is 7. The van der Waals surface area contributed by atoms with Crippen LogP contribution in [0.3, 0.4) is 0 Å². The van der Waals surface area contributed by atoms with Crippen molar-refractivity contribution in [2.75, 3.05) is 0 Å². The number of cyclic esters (lactones) is 1. The predicted octanol–water partition coefficient (Wildman–Crippen LogP) is 1.95. The van der Waals surface area contributed by atoms with E-state index < -0.39 is 11.6 Å². The highest BCUT2D eigenvalue weighted by Crippen LogP contribution is 2.38. The summed E-state index contributed by atoms with van der Waals surface area (Å²) in [6.07, 6.45) is 0.110. The lowest BCUT2D eigenvalue weighted by molar-refractivity contribution is -0.172. The minimum absolute atomic E-state index is 0. The summed E-state index contributed by atoms with van der Waals surface area (Å²) in [6, 6.07) is 8.48. The van der Waals surface area contributed by atoms with Gasteiger partial charge >= 0.3 is 5.97 Å². The number of aromatic nitrogens is 2. The number of rotatable bonds is 1. The first kappa shape index (κ1) is 18.1. The summed E-state index contributed by atoms with van der Waals surface area (Å²) in [7, 11) is 0. The van der Waals surface area contributed by atoms with E-state index in [1.165, 1.54) is 0 Å². The first-order chi connectivity index (χ1) is 12.9. The van der Waals surface area contributed by atoms with Crippen LogP contribution in [-0.4, -0.2) is 25.7 Å². The van der Waals surface area contributed by atoms with Gasteiger partial charge in [0.25, 0.3) is 5.56 Å². The van der Waals surface area contributed by atoms with Gasteiger partial charge in [0, 0.05) is 16.5 Å². The molecule has 3 aromatic rings. The van der Waals surface area contributed by atoms with E-state index in [4.69, 9.17) is 4.74 Å². The molecule has 0 amide bonds. The summed E-state index contributed by atoms with van der Waals surface area (Å²) in [4.78, 5) is 29.8. The molecule has 0 spiro atoms. The van der Waals surface area contributed by atoms with Crippen LogP contribution in [0.15, 0.2) is 35.1 Å². The van der Waals surface area contributed by atoms with E-state index >= 15 is 0 Å². The summed E-state index contributed by atoms with van der Waals surface area (Å²) < 4.78 is 6.65. The fourth-order valence-corrected chi connectivity index (χ4v) is 3.97. The van der Waals surface area contributed by atoms with Crippen molar-refractivity contribution in [2.45, 2.75) is 32.1 Å². The van der Waals surface area contributed by atoms with Gasteiger partial charge in [0.2, 0.25) is 0 Å². The van der Waals surface area contributed by atoms with Gasteiger partial charge in [-0.2, -0.15) is 0 Å². The average molecular weight is 381 g/mol. The number of fused-ring (bicyclic) bond motifs is 5. The van der Waals surface area contributed by atoms with Gasteiger partial charge in [0.15, 0.2) is 5.60 Å². The molecule has 2 aliphatic rings. The minimum Gasteiger partial charge on any atom is -0.508 e. The molecular formula is C20H19N3O5. The second kappa shape index (κ2) is 5.88. The predicted molar refractivity (Wildman–Crippen MR) is 101 cm³/mol. The topological polar surface area (TPSA) is 137 Å². The van der Waals surface area contributed by atoms with Crippen molar-refractivity contribution in [3.8, 4) is 17.1 Å². The normalized spacial score (nSPS) is 19.4. The SMILES string of the molecule is CCC1(O)C(=O)OCc2c1cc1n(c2=O)Cc2cc3cc(O)ccc3nc2-1.N. The summed E-state index contributed by atoms with van der Waals surface area (Å²) in [5, 5.41) is 21.3. The lowest BCUT2D eigenvalue weighted by Crippen LogP contribution is -2.44. The number of carbonyl (C=O) groups is 1. The maximum absolute atomic E-state index is 13.0. The summed E-state index contributed by atoms with van der Waals surface area (Å²) in [5.74, 6) is -0.585. The molecule has 1 unspecified atom stereocenters. The highest BCUT2D eigenvalue weighted by molar-refractivity contribution is 5.86. The van der Waals surface area contributed by atoms with Crippen LogP contribution < -0.4 is 11.7 Å². The number of aliphatic hydroxyl groups is 1. The standard InChI is InChI=1S/C20H16N2O5.H3N/c1-2-20(26)14-7-16-17-11(5-10-6-12(23)3-4-15(10)21-17)8-22(16)18(24)13(14)9-27-19(20)25;/h3-7,23,26H,2,8-9H2,1H3;1H3. The van der Waals surface area contributed by atoms with Crippen molar-refractivity contribution in [1.29, 1.82) is 0 Å². The quantitative estimate of drug-likeness (QED) is 0.429. The molecule has 28 heavy (non-hydrogen) atoms. The molecule has 5 rings (SSSR count). The van der Waals surface area contributed by atoms with Gasteiger partial charge < -0.3 is 25.7 Å². The number of hydrogen-bond donors (Lipinski definition) is 3. The van der Waals surface area contributed by atoms with Crippen LogP contribution >= 0.6 is 0 Å². The molecule has 8 nitrogen and oxygen atoms in total. The number of carbonyl (C=O) groups excluding carboxylic acids is 1. The van der Waals surface area contributed by atoms with Gasteiger partial charge in [-0.1, -0.05) is 6.92 Å². The molecule has 1 atom stereocenters. The Balaban J connectivity index is 0.00000192. The number of nitrogens with zero attached hydrogens (tertiary/aromatic N) is 2. The van der Waals surface area contributed by atoms with Gasteiger partial charge in [-0.15, -0.1) is 0 Å². The van der Waals surface area contributed by atoms with Gasteiger partial charge in [-0.25, -0.2) is 9.78 Å². The number of benzene rings is 1. The van der Waals surface area contributed by atoms with Crippen LogP contribution in [0.4, 0.5) is 0 Å². The zero-order valence-electron chi connectivity index (χ0n) is 15.2. The average Bonchev–Trinajstić information content (AvgIpc) is 3.01. The fourth-order valence-electron chi connectivity index (χ4n) is 3.97. The van der Waals surface area contributed by atoms with Gasteiger partial charge in [0.1, 0.15) is 12.4 Å². The second-order valence-corrected chi connectivity index (χ2v) is 6.98. The third-order valence-corrected chi connectivity index (χ3v) is 5.49. The van der Waals surface area contributed by atoms with E-state index in [1.807, 2.05) is 6.07 Å². The first-order valence-corrected chi connectivity index (χ1v) is 8.72. The van der Waals surface area contributed by atoms with E-state index in [9.17, 15) is 19.8 Å². The Hall–Kier alpha value is -3.23. The molecule has 1 aromatic carbocycles. The third kappa shape index (κ3) is 2.22. The highest BCUT2D eigenvalue weighted by atomic mass is 16.6.